The first-order valence-corrected chi connectivity index (χ1v) is 8.91. The molecule has 134 valence electrons. The van der Waals surface area contributed by atoms with E-state index in [-0.39, 0.29) is 5.41 Å². The van der Waals surface area contributed by atoms with Gasteiger partial charge in [0, 0.05) is 50.9 Å². The average Bonchev–Trinajstić information content (AvgIpc) is 3.29. The predicted octanol–water partition coefficient (Wildman–Crippen LogP) is 3.27. The Hall–Kier alpha value is -2.95. The Balaban J connectivity index is 1.66. The van der Waals surface area contributed by atoms with Gasteiger partial charge in [0.15, 0.2) is 5.82 Å². The molecule has 1 aromatic carbocycles. The second-order valence-corrected chi connectivity index (χ2v) is 7.75. The molecule has 0 saturated carbocycles. The molecule has 0 aliphatic carbocycles. The Bertz CT molecular complexity index is 1100. The molecule has 0 fully saturated rings. The van der Waals surface area contributed by atoms with Gasteiger partial charge in [-0.1, -0.05) is 44.6 Å². The lowest BCUT2D eigenvalue weighted by Gasteiger charge is -2.12. The smallest absolute Gasteiger partial charge is 0.174 e. The number of aromatic nitrogens is 2. The minimum absolute atomic E-state index is 0.0627. The van der Waals surface area contributed by atoms with E-state index in [0.717, 1.165) is 51.6 Å². The third kappa shape index (κ3) is 3.12. The topological polar surface area (TPSA) is 65.9 Å². The summed E-state index contributed by atoms with van der Waals surface area (Å²) in [7, 11) is 0. The highest BCUT2D eigenvalue weighted by Crippen LogP contribution is 2.26. The molecule has 0 radical (unpaired) electrons. The number of hydrogen-bond acceptors (Lipinski definition) is 4. The summed E-state index contributed by atoms with van der Waals surface area (Å²) in [4.78, 5) is 3.38. The van der Waals surface area contributed by atoms with E-state index in [0.29, 0.717) is 5.82 Å². The monoisotopic (exact) mass is 348 g/mol. The van der Waals surface area contributed by atoms with Gasteiger partial charge in [0.1, 0.15) is 5.76 Å². The van der Waals surface area contributed by atoms with Crippen molar-refractivity contribution in [2.45, 2.75) is 32.6 Å². The lowest BCUT2D eigenvalue weighted by Crippen LogP contribution is -2.22. The molecular weight excluding hydrogens is 324 g/mol. The number of anilines is 2. The number of allylic oxidation sites excluding steroid dienone is 1. The molecule has 3 heterocycles. The van der Waals surface area contributed by atoms with Gasteiger partial charge in [0.25, 0.3) is 0 Å². The molecule has 5 nitrogen and oxygen atoms in total. The number of H-pyrrole nitrogens is 1. The summed E-state index contributed by atoms with van der Waals surface area (Å²) in [5.41, 5.74) is 3.10. The molecule has 3 aromatic rings. The van der Waals surface area contributed by atoms with Crippen molar-refractivity contribution in [3.63, 3.8) is 0 Å². The van der Waals surface area contributed by atoms with E-state index in [1.807, 2.05) is 6.07 Å². The molecule has 0 atom stereocenters. The summed E-state index contributed by atoms with van der Waals surface area (Å²) in [5.74, 6) is 1.57. The third-order valence-corrected chi connectivity index (χ3v) is 4.58. The van der Waals surface area contributed by atoms with Crippen LogP contribution in [0.5, 0.6) is 0 Å². The van der Waals surface area contributed by atoms with E-state index in [4.69, 9.17) is 4.52 Å². The van der Waals surface area contributed by atoms with Crippen molar-refractivity contribution in [1.29, 1.82) is 0 Å². The van der Waals surface area contributed by atoms with E-state index in [2.05, 4.69) is 78.5 Å². The molecule has 2 aromatic heterocycles. The highest BCUT2D eigenvalue weighted by molar-refractivity contribution is 5.85. The zero-order chi connectivity index (χ0) is 18.3. The summed E-state index contributed by atoms with van der Waals surface area (Å²) in [6, 6.07) is 8.18. The Morgan fingerprint density at radius 1 is 1.27 bits per heavy atom. The lowest BCUT2D eigenvalue weighted by atomic mass is 9.93. The van der Waals surface area contributed by atoms with E-state index >= 15 is 0 Å². The SMILES string of the molecule is C=c1[nH]c2cc(Nc3cc(C(C)(C)C)on3)ccc2/c1=C/C1=CCCN1. The summed E-state index contributed by atoms with van der Waals surface area (Å²) < 4.78 is 5.44. The lowest BCUT2D eigenvalue weighted by molar-refractivity contribution is 0.331. The Morgan fingerprint density at radius 3 is 2.81 bits per heavy atom. The Kier molecular flexibility index (Phi) is 3.87. The van der Waals surface area contributed by atoms with Crippen molar-refractivity contribution >= 4 is 35.1 Å². The molecule has 26 heavy (non-hydrogen) atoms. The van der Waals surface area contributed by atoms with E-state index in [1.54, 1.807) is 0 Å². The highest BCUT2D eigenvalue weighted by atomic mass is 16.5. The van der Waals surface area contributed by atoms with Crippen LogP contribution in [0.15, 0.2) is 40.6 Å². The number of benzene rings is 1. The number of hydrogen-bond donors (Lipinski definition) is 3. The highest BCUT2D eigenvalue weighted by Gasteiger charge is 2.19. The van der Waals surface area contributed by atoms with Gasteiger partial charge in [-0.05, 0) is 24.6 Å². The number of nitrogens with one attached hydrogen (secondary N) is 3. The van der Waals surface area contributed by atoms with E-state index in [9.17, 15) is 0 Å². The third-order valence-electron chi connectivity index (χ3n) is 4.58. The van der Waals surface area contributed by atoms with Crippen LogP contribution in [-0.2, 0) is 5.41 Å². The van der Waals surface area contributed by atoms with Crippen molar-refractivity contribution in [1.82, 2.24) is 15.5 Å². The fourth-order valence-corrected chi connectivity index (χ4v) is 3.13. The molecule has 1 aliphatic rings. The summed E-state index contributed by atoms with van der Waals surface area (Å²) in [6.07, 6.45) is 5.45. The standard InChI is InChI=1S/C21H24N4O/c1-13-17(10-14-6-5-9-22-14)16-8-7-15(11-18(16)23-13)24-20-12-19(26-25-20)21(2,3)4/h6-8,10-12,22-23H,1,5,9H2,2-4H3,(H,24,25)/b17-10+. The predicted molar refractivity (Wildman–Crippen MR) is 107 cm³/mol. The Morgan fingerprint density at radius 2 is 2.12 bits per heavy atom. The zero-order valence-electron chi connectivity index (χ0n) is 15.4. The van der Waals surface area contributed by atoms with Gasteiger partial charge in [0.05, 0.1) is 0 Å². The van der Waals surface area contributed by atoms with Crippen LogP contribution >= 0.6 is 0 Å². The van der Waals surface area contributed by atoms with E-state index in [1.165, 1.54) is 0 Å². The second kappa shape index (κ2) is 6.09. The minimum atomic E-state index is -0.0627. The van der Waals surface area contributed by atoms with Crippen LogP contribution in [0.25, 0.3) is 23.6 Å². The van der Waals surface area contributed by atoms with Crippen LogP contribution in [0.2, 0.25) is 0 Å². The molecule has 0 unspecified atom stereocenters. The first kappa shape index (κ1) is 16.5. The normalized spacial score (nSPS) is 15.3. The maximum Gasteiger partial charge on any atom is 0.174 e. The van der Waals surface area contributed by atoms with Gasteiger partial charge in [0.2, 0.25) is 0 Å². The van der Waals surface area contributed by atoms with Gasteiger partial charge in [-0.2, -0.15) is 0 Å². The minimum Gasteiger partial charge on any atom is -0.385 e. The maximum atomic E-state index is 5.44. The van der Waals surface area contributed by atoms with Gasteiger partial charge in [-0.15, -0.1) is 0 Å². The molecule has 0 amide bonds. The first-order valence-electron chi connectivity index (χ1n) is 8.91. The van der Waals surface area contributed by atoms with Crippen LogP contribution < -0.4 is 21.2 Å². The van der Waals surface area contributed by atoms with Crippen LogP contribution in [0.1, 0.15) is 33.0 Å². The van der Waals surface area contributed by atoms with Crippen molar-refractivity contribution < 1.29 is 4.52 Å². The van der Waals surface area contributed by atoms with Crippen LogP contribution in [0, 0.1) is 0 Å². The summed E-state index contributed by atoms with van der Waals surface area (Å²) in [5, 5.41) is 14.0. The molecule has 0 bridgehead atoms. The van der Waals surface area contributed by atoms with E-state index < -0.39 is 0 Å². The fourth-order valence-electron chi connectivity index (χ4n) is 3.13. The number of aromatic amines is 1. The maximum absolute atomic E-state index is 5.44. The molecule has 3 N–H and O–H groups in total. The Labute approximate surface area is 152 Å². The van der Waals surface area contributed by atoms with Crippen molar-refractivity contribution in [2.24, 2.45) is 0 Å². The fraction of sp³-hybridized carbons (Fsp3) is 0.286. The van der Waals surface area contributed by atoms with Crippen molar-refractivity contribution in [2.75, 3.05) is 11.9 Å². The van der Waals surface area contributed by atoms with Crippen LogP contribution in [0.4, 0.5) is 11.5 Å². The molecule has 0 spiro atoms. The molecular formula is C21H24N4O. The van der Waals surface area contributed by atoms with Crippen LogP contribution in [-0.4, -0.2) is 16.7 Å². The van der Waals surface area contributed by atoms with Gasteiger partial charge in [-0.3, -0.25) is 0 Å². The van der Waals surface area contributed by atoms with Crippen LogP contribution in [0.3, 0.4) is 0 Å². The zero-order valence-corrected chi connectivity index (χ0v) is 15.4. The second-order valence-electron chi connectivity index (χ2n) is 7.75. The molecule has 4 rings (SSSR count). The van der Waals surface area contributed by atoms with Crippen molar-refractivity contribution in [3.8, 4) is 0 Å². The number of fused-ring (bicyclic) bond motifs is 1. The summed E-state index contributed by atoms with van der Waals surface area (Å²) >= 11 is 0. The summed E-state index contributed by atoms with van der Waals surface area (Å²) in [6.45, 7) is 11.5. The molecule has 1 aliphatic heterocycles. The van der Waals surface area contributed by atoms with Crippen molar-refractivity contribution in [3.05, 3.63) is 52.4 Å². The quantitative estimate of drug-likeness (QED) is 0.680. The van der Waals surface area contributed by atoms with Gasteiger partial charge in [-0.25, -0.2) is 0 Å². The number of rotatable bonds is 3. The molecule has 0 saturated heterocycles. The average molecular weight is 348 g/mol. The van der Waals surface area contributed by atoms with Gasteiger partial charge >= 0.3 is 0 Å². The largest absolute Gasteiger partial charge is 0.385 e. The van der Waals surface area contributed by atoms with Gasteiger partial charge < -0.3 is 20.1 Å². The number of nitrogens with zero attached hydrogens (tertiary/aromatic N) is 1. The molecule has 5 heteroatoms. The first-order chi connectivity index (χ1) is 12.4.